The van der Waals surface area contributed by atoms with Crippen LogP contribution in [0.3, 0.4) is 0 Å². The van der Waals surface area contributed by atoms with Crippen molar-refractivity contribution < 1.29 is 9.90 Å². The summed E-state index contributed by atoms with van der Waals surface area (Å²) < 4.78 is 2.84. The molecule has 0 aliphatic rings. The average molecular weight is 310 g/mol. The van der Waals surface area contributed by atoms with Crippen molar-refractivity contribution in [2.75, 3.05) is 0 Å². The molecule has 0 saturated heterocycles. The molecule has 1 N–H and O–H groups in total. The lowest BCUT2D eigenvalue weighted by atomic mass is 10.0. The third-order valence-corrected chi connectivity index (χ3v) is 3.72. The summed E-state index contributed by atoms with van der Waals surface area (Å²) in [7, 11) is 0. The van der Waals surface area contributed by atoms with E-state index < -0.39 is 12.0 Å². The van der Waals surface area contributed by atoms with Crippen LogP contribution in [0.15, 0.2) is 34.9 Å². The highest BCUT2D eigenvalue weighted by Gasteiger charge is 2.22. The highest BCUT2D eigenvalue weighted by Crippen LogP contribution is 2.29. The normalized spacial score (nSPS) is 13.1. The number of nitrogens with zero attached hydrogens (tertiary/aromatic N) is 1. The first-order valence-electron chi connectivity index (χ1n) is 5.98. The van der Waals surface area contributed by atoms with E-state index >= 15 is 0 Å². The first kappa shape index (κ1) is 13.1. The predicted octanol–water partition coefficient (Wildman–Crippen LogP) is 4.08. The molecular weight excluding hydrogens is 294 g/mol. The fourth-order valence-electron chi connectivity index (χ4n) is 2.20. The molecule has 0 bridgehead atoms. The first-order chi connectivity index (χ1) is 8.50. The zero-order valence-corrected chi connectivity index (χ0v) is 12.0. The van der Waals surface area contributed by atoms with Crippen LogP contribution in [0.1, 0.15) is 26.3 Å². The van der Waals surface area contributed by atoms with Crippen LogP contribution in [0.25, 0.3) is 10.9 Å². The van der Waals surface area contributed by atoms with Crippen LogP contribution in [-0.2, 0) is 4.79 Å². The minimum absolute atomic E-state index is 0.343. The van der Waals surface area contributed by atoms with Crippen LogP contribution in [-0.4, -0.2) is 15.6 Å². The van der Waals surface area contributed by atoms with Crippen molar-refractivity contribution in [1.29, 1.82) is 0 Å². The van der Waals surface area contributed by atoms with Gasteiger partial charge in [-0.3, -0.25) is 0 Å². The van der Waals surface area contributed by atoms with Gasteiger partial charge in [0.1, 0.15) is 6.04 Å². The Morgan fingerprint density at radius 1 is 1.39 bits per heavy atom. The molecule has 3 nitrogen and oxygen atoms in total. The molecule has 1 heterocycles. The van der Waals surface area contributed by atoms with Gasteiger partial charge in [0.2, 0.25) is 0 Å². The summed E-state index contributed by atoms with van der Waals surface area (Å²) in [5, 5.41) is 10.4. The predicted molar refractivity (Wildman–Crippen MR) is 75.8 cm³/mol. The molecule has 0 radical (unpaired) electrons. The molecule has 0 aliphatic heterocycles. The molecule has 0 fully saturated rings. The van der Waals surface area contributed by atoms with Crippen LogP contribution < -0.4 is 0 Å². The summed E-state index contributed by atoms with van der Waals surface area (Å²) in [5.74, 6) is -0.433. The molecule has 1 aromatic heterocycles. The zero-order chi connectivity index (χ0) is 13.3. The van der Waals surface area contributed by atoms with Crippen LogP contribution in [0.5, 0.6) is 0 Å². The van der Waals surface area contributed by atoms with E-state index in [2.05, 4.69) is 15.9 Å². The average Bonchev–Trinajstić information content (AvgIpc) is 2.70. The second-order valence-corrected chi connectivity index (χ2v) is 5.73. The number of hydrogen-bond acceptors (Lipinski definition) is 1. The summed E-state index contributed by atoms with van der Waals surface area (Å²) in [6, 6.07) is 7.30. The topological polar surface area (TPSA) is 42.2 Å². The third-order valence-electron chi connectivity index (χ3n) is 3.03. The maximum Gasteiger partial charge on any atom is 0.326 e. The number of rotatable bonds is 4. The maximum atomic E-state index is 11.4. The Morgan fingerprint density at radius 3 is 2.72 bits per heavy atom. The van der Waals surface area contributed by atoms with Gasteiger partial charge >= 0.3 is 5.97 Å². The number of aromatic nitrogens is 1. The smallest absolute Gasteiger partial charge is 0.326 e. The summed E-state index contributed by atoms with van der Waals surface area (Å²) in [5.41, 5.74) is 0.956. The highest BCUT2D eigenvalue weighted by atomic mass is 79.9. The van der Waals surface area contributed by atoms with Crippen molar-refractivity contribution in [3.05, 3.63) is 34.9 Å². The van der Waals surface area contributed by atoms with Crippen molar-refractivity contribution in [2.24, 2.45) is 5.92 Å². The van der Waals surface area contributed by atoms with Crippen molar-refractivity contribution in [3.8, 4) is 0 Å². The molecule has 1 unspecified atom stereocenters. The van der Waals surface area contributed by atoms with Gasteiger partial charge in [-0.15, -0.1) is 0 Å². The largest absolute Gasteiger partial charge is 0.480 e. The molecule has 1 aromatic carbocycles. The molecule has 2 rings (SSSR count). The SMILES string of the molecule is CC(C)CC(C(=O)O)n1ccc2c(Br)cccc21. The number of carboxylic acids is 1. The van der Waals surface area contributed by atoms with Gasteiger partial charge in [0.25, 0.3) is 0 Å². The van der Waals surface area contributed by atoms with E-state index in [0.29, 0.717) is 12.3 Å². The fourth-order valence-corrected chi connectivity index (χ4v) is 2.69. The number of carboxylic acid groups (broad SMARTS) is 1. The summed E-state index contributed by atoms with van der Waals surface area (Å²) in [6.07, 6.45) is 2.49. The lowest BCUT2D eigenvalue weighted by Crippen LogP contribution is -2.20. The number of fused-ring (bicyclic) bond motifs is 1. The second-order valence-electron chi connectivity index (χ2n) is 4.88. The van der Waals surface area contributed by atoms with Crippen molar-refractivity contribution in [2.45, 2.75) is 26.3 Å². The third kappa shape index (κ3) is 2.43. The van der Waals surface area contributed by atoms with E-state index in [1.165, 1.54) is 0 Å². The van der Waals surface area contributed by atoms with Gasteiger partial charge in [-0.05, 0) is 30.5 Å². The van der Waals surface area contributed by atoms with Gasteiger partial charge in [0.15, 0.2) is 0 Å². The number of hydrogen-bond donors (Lipinski definition) is 1. The summed E-state index contributed by atoms with van der Waals surface area (Å²) >= 11 is 3.49. The zero-order valence-electron chi connectivity index (χ0n) is 10.4. The van der Waals surface area contributed by atoms with Crippen LogP contribution in [0, 0.1) is 5.92 Å². The van der Waals surface area contributed by atoms with Gasteiger partial charge in [-0.2, -0.15) is 0 Å². The quantitative estimate of drug-likeness (QED) is 0.924. The summed E-state index contributed by atoms with van der Waals surface area (Å²) in [4.78, 5) is 11.4. The number of carbonyl (C=O) groups is 1. The van der Waals surface area contributed by atoms with E-state index in [1.54, 1.807) is 0 Å². The standard InChI is InChI=1S/C14H16BrNO2/c1-9(2)8-13(14(17)18)16-7-6-10-11(15)4-3-5-12(10)16/h3-7,9,13H,8H2,1-2H3,(H,17,18). The van der Waals surface area contributed by atoms with Gasteiger partial charge < -0.3 is 9.67 Å². The van der Waals surface area contributed by atoms with E-state index in [1.807, 2.05) is 48.9 Å². The Bertz CT molecular complexity index is 574. The highest BCUT2D eigenvalue weighted by molar-refractivity contribution is 9.10. The minimum Gasteiger partial charge on any atom is -0.480 e. The first-order valence-corrected chi connectivity index (χ1v) is 6.78. The van der Waals surface area contributed by atoms with Gasteiger partial charge in [-0.25, -0.2) is 4.79 Å². The Kier molecular flexibility index (Phi) is 3.76. The number of halogens is 1. The molecule has 4 heteroatoms. The molecular formula is C14H16BrNO2. The van der Waals surface area contributed by atoms with E-state index in [9.17, 15) is 9.90 Å². The molecule has 1 atom stereocenters. The van der Waals surface area contributed by atoms with Crippen LogP contribution >= 0.6 is 15.9 Å². The molecule has 0 spiro atoms. The Morgan fingerprint density at radius 2 is 2.11 bits per heavy atom. The van der Waals surface area contributed by atoms with Crippen molar-refractivity contribution in [1.82, 2.24) is 4.57 Å². The van der Waals surface area contributed by atoms with Crippen molar-refractivity contribution in [3.63, 3.8) is 0 Å². The molecule has 96 valence electrons. The van der Waals surface area contributed by atoms with Gasteiger partial charge in [0, 0.05) is 21.6 Å². The fraction of sp³-hybridized carbons (Fsp3) is 0.357. The Hall–Kier alpha value is -1.29. The maximum absolute atomic E-state index is 11.4. The van der Waals surface area contributed by atoms with E-state index in [-0.39, 0.29) is 0 Å². The van der Waals surface area contributed by atoms with Gasteiger partial charge in [0.05, 0.1) is 0 Å². The van der Waals surface area contributed by atoms with Crippen LogP contribution in [0.2, 0.25) is 0 Å². The minimum atomic E-state index is -0.777. The lowest BCUT2D eigenvalue weighted by molar-refractivity contribution is -0.141. The molecule has 0 amide bonds. The molecule has 0 saturated carbocycles. The summed E-state index contributed by atoms with van der Waals surface area (Å²) in [6.45, 7) is 4.08. The monoisotopic (exact) mass is 309 g/mol. The Balaban J connectivity index is 2.51. The number of aliphatic carboxylic acids is 1. The van der Waals surface area contributed by atoms with E-state index in [0.717, 1.165) is 15.4 Å². The number of benzene rings is 1. The van der Waals surface area contributed by atoms with Crippen LogP contribution in [0.4, 0.5) is 0 Å². The second kappa shape index (κ2) is 5.14. The molecule has 18 heavy (non-hydrogen) atoms. The van der Waals surface area contributed by atoms with E-state index in [4.69, 9.17) is 0 Å². The van der Waals surface area contributed by atoms with Gasteiger partial charge in [-0.1, -0.05) is 35.8 Å². The molecule has 2 aromatic rings. The molecule has 0 aliphatic carbocycles. The Labute approximate surface area is 115 Å². The van der Waals surface area contributed by atoms with Crippen molar-refractivity contribution >= 4 is 32.8 Å². The lowest BCUT2D eigenvalue weighted by Gasteiger charge is -2.17.